The number of amides is 2. The zero-order valence-electron chi connectivity index (χ0n) is 16.2. The summed E-state index contributed by atoms with van der Waals surface area (Å²) >= 11 is 0. The van der Waals surface area contributed by atoms with E-state index in [1.54, 1.807) is 6.07 Å². The average molecular weight is 409 g/mol. The molecule has 7 nitrogen and oxygen atoms in total. The van der Waals surface area contributed by atoms with E-state index in [1.807, 2.05) is 30.3 Å². The Bertz CT molecular complexity index is 1060. The van der Waals surface area contributed by atoms with Crippen LogP contribution in [0.25, 0.3) is 11.5 Å². The topological polar surface area (TPSA) is 93.5 Å². The number of nitrogens with zero attached hydrogens (tertiary/aromatic N) is 1. The van der Waals surface area contributed by atoms with Gasteiger partial charge in [0.05, 0.1) is 0 Å². The summed E-state index contributed by atoms with van der Waals surface area (Å²) < 4.78 is 24.8. The summed E-state index contributed by atoms with van der Waals surface area (Å²) in [5.74, 6) is -0.838. The van der Waals surface area contributed by atoms with E-state index < -0.39 is 23.7 Å². The maximum atomic E-state index is 13.7. The highest BCUT2D eigenvalue weighted by molar-refractivity contribution is 5.95. The van der Waals surface area contributed by atoms with Gasteiger partial charge in [0, 0.05) is 11.5 Å². The number of ether oxygens (including phenoxy) is 1. The molecule has 1 aliphatic carbocycles. The molecule has 0 bridgehead atoms. The van der Waals surface area contributed by atoms with E-state index in [9.17, 15) is 14.0 Å². The Morgan fingerprint density at radius 1 is 1.10 bits per heavy atom. The largest absolute Gasteiger partial charge is 0.478 e. The molecule has 1 heterocycles. The Hall–Kier alpha value is -3.68. The fraction of sp³-hybridized carbons (Fsp3) is 0.227. The molecular weight excluding hydrogens is 389 g/mol. The van der Waals surface area contributed by atoms with E-state index in [4.69, 9.17) is 9.15 Å². The van der Waals surface area contributed by atoms with Crippen molar-refractivity contribution in [2.75, 3.05) is 0 Å². The van der Waals surface area contributed by atoms with Gasteiger partial charge < -0.3 is 9.15 Å². The molecule has 2 amide bonds. The number of para-hydroxylation sites is 1. The molecule has 2 N–H and O–H groups in total. The molecular formula is C22H20FN3O4. The molecule has 0 spiro atoms. The lowest BCUT2D eigenvalue weighted by Gasteiger charge is -2.15. The van der Waals surface area contributed by atoms with Gasteiger partial charge >= 0.3 is 0 Å². The van der Waals surface area contributed by atoms with Gasteiger partial charge in [-0.2, -0.15) is 0 Å². The predicted molar refractivity (Wildman–Crippen MR) is 106 cm³/mol. The van der Waals surface area contributed by atoms with Crippen LogP contribution in [0.4, 0.5) is 4.39 Å². The van der Waals surface area contributed by atoms with Crippen LogP contribution >= 0.6 is 0 Å². The van der Waals surface area contributed by atoms with Gasteiger partial charge in [0.1, 0.15) is 5.76 Å². The first kappa shape index (κ1) is 19.6. The minimum atomic E-state index is -1.03. The highest BCUT2D eigenvalue weighted by Gasteiger charge is 2.34. The second-order valence-electron chi connectivity index (χ2n) is 7.01. The van der Waals surface area contributed by atoms with Crippen molar-refractivity contribution in [2.45, 2.75) is 31.8 Å². The van der Waals surface area contributed by atoms with Crippen LogP contribution in [0.3, 0.4) is 0 Å². The first-order valence-electron chi connectivity index (χ1n) is 9.60. The van der Waals surface area contributed by atoms with Crippen molar-refractivity contribution >= 4 is 11.8 Å². The third-order valence-corrected chi connectivity index (χ3v) is 4.65. The smallest absolute Gasteiger partial charge is 0.291 e. The molecule has 1 atom stereocenters. The second-order valence-corrected chi connectivity index (χ2v) is 7.01. The lowest BCUT2D eigenvalue weighted by Crippen LogP contribution is -2.47. The monoisotopic (exact) mass is 409 g/mol. The van der Waals surface area contributed by atoms with Gasteiger partial charge in [-0.15, -0.1) is 0 Å². The van der Waals surface area contributed by atoms with E-state index in [2.05, 4.69) is 15.8 Å². The van der Waals surface area contributed by atoms with Crippen LogP contribution in [0.15, 0.2) is 59.0 Å². The van der Waals surface area contributed by atoms with Gasteiger partial charge in [0.2, 0.25) is 5.89 Å². The van der Waals surface area contributed by atoms with Crippen LogP contribution in [0, 0.1) is 5.82 Å². The number of nitrogens with one attached hydrogen (secondary N) is 2. The molecule has 0 radical (unpaired) electrons. The molecule has 4 rings (SSSR count). The second kappa shape index (κ2) is 8.36. The van der Waals surface area contributed by atoms with Gasteiger partial charge in [-0.25, -0.2) is 9.37 Å². The van der Waals surface area contributed by atoms with Crippen LogP contribution < -0.4 is 15.6 Å². The molecule has 0 aliphatic heterocycles. The average Bonchev–Trinajstić information content (AvgIpc) is 3.51. The van der Waals surface area contributed by atoms with Gasteiger partial charge in [-0.1, -0.05) is 30.3 Å². The Labute approximate surface area is 172 Å². The van der Waals surface area contributed by atoms with E-state index in [0.29, 0.717) is 11.7 Å². The van der Waals surface area contributed by atoms with Crippen molar-refractivity contribution in [1.82, 2.24) is 15.8 Å². The minimum Gasteiger partial charge on any atom is -0.478 e. The molecule has 0 saturated heterocycles. The SMILES string of the molecule is CC(Oc1ccccc1F)C(=O)NNC(=O)c1nc(-c2ccccc2)oc1C1CC1. The lowest BCUT2D eigenvalue weighted by atomic mass is 10.2. The maximum Gasteiger partial charge on any atom is 0.291 e. The molecule has 1 unspecified atom stereocenters. The van der Waals surface area contributed by atoms with Gasteiger partial charge in [0.15, 0.2) is 23.4 Å². The third-order valence-electron chi connectivity index (χ3n) is 4.65. The number of hydrazine groups is 1. The summed E-state index contributed by atoms with van der Waals surface area (Å²) in [6, 6.07) is 15.0. The Morgan fingerprint density at radius 3 is 2.50 bits per heavy atom. The number of aromatic nitrogens is 1. The number of carbonyl (C=O) groups excluding carboxylic acids is 2. The summed E-state index contributed by atoms with van der Waals surface area (Å²) in [6.45, 7) is 1.45. The van der Waals surface area contributed by atoms with Crippen molar-refractivity contribution in [2.24, 2.45) is 0 Å². The van der Waals surface area contributed by atoms with Gasteiger partial charge in [-0.3, -0.25) is 20.4 Å². The van der Waals surface area contributed by atoms with E-state index in [0.717, 1.165) is 18.4 Å². The lowest BCUT2D eigenvalue weighted by molar-refractivity contribution is -0.128. The molecule has 1 aliphatic rings. The van der Waals surface area contributed by atoms with Crippen molar-refractivity contribution in [3.05, 3.63) is 71.9 Å². The van der Waals surface area contributed by atoms with Crippen LogP contribution in [-0.4, -0.2) is 22.9 Å². The van der Waals surface area contributed by atoms with Crippen LogP contribution in [0.2, 0.25) is 0 Å². The number of halogens is 1. The number of hydrogen-bond donors (Lipinski definition) is 2. The molecule has 2 aromatic carbocycles. The Morgan fingerprint density at radius 2 is 1.80 bits per heavy atom. The number of oxazole rings is 1. The predicted octanol–water partition coefficient (Wildman–Crippen LogP) is 3.59. The van der Waals surface area contributed by atoms with Crippen LogP contribution in [0.5, 0.6) is 5.75 Å². The highest BCUT2D eigenvalue weighted by atomic mass is 19.1. The fourth-order valence-electron chi connectivity index (χ4n) is 2.88. The minimum absolute atomic E-state index is 0.0495. The number of carbonyl (C=O) groups is 2. The zero-order chi connectivity index (χ0) is 21.1. The molecule has 1 saturated carbocycles. The summed E-state index contributed by atoms with van der Waals surface area (Å²) in [6.07, 6.45) is 0.815. The molecule has 30 heavy (non-hydrogen) atoms. The first-order valence-corrected chi connectivity index (χ1v) is 9.60. The maximum absolute atomic E-state index is 13.7. The van der Waals surface area contributed by atoms with Crippen molar-refractivity contribution in [1.29, 1.82) is 0 Å². The number of rotatable bonds is 6. The van der Waals surface area contributed by atoms with Gasteiger partial charge in [-0.05, 0) is 44.0 Å². The standard InChI is InChI=1S/C22H20FN3O4/c1-13(29-17-10-6-5-9-16(17)23)20(27)25-26-21(28)18-19(14-11-12-14)30-22(24-18)15-7-3-2-4-8-15/h2-10,13-14H,11-12H2,1H3,(H,25,27)(H,26,28). The Balaban J connectivity index is 1.42. The van der Waals surface area contributed by atoms with E-state index >= 15 is 0 Å². The van der Waals surface area contributed by atoms with Crippen LogP contribution in [0.1, 0.15) is 41.9 Å². The molecule has 1 aromatic heterocycles. The fourth-order valence-corrected chi connectivity index (χ4v) is 2.88. The summed E-state index contributed by atoms with van der Waals surface area (Å²) in [5.41, 5.74) is 5.52. The molecule has 3 aromatic rings. The number of hydrogen-bond acceptors (Lipinski definition) is 5. The molecule has 154 valence electrons. The highest BCUT2D eigenvalue weighted by Crippen LogP contribution is 2.43. The van der Waals surface area contributed by atoms with Crippen molar-refractivity contribution in [3.8, 4) is 17.2 Å². The Kier molecular flexibility index (Phi) is 5.47. The number of benzene rings is 2. The van der Waals surface area contributed by atoms with Crippen molar-refractivity contribution < 1.29 is 23.1 Å². The molecule has 8 heteroatoms. The normalized spacial score (nSPS) is 14.1. The van der Waals surface area contributed by atoms with E-state index in [-0.39, 0.29) is 17.4 Å². The zero-order valence-corrected chi connectivity index (χ0v) is 16.2. The third kappa shape index (κ3) is 4.32. The van der Waals surface area contributed by atoms with Crippen molar-refractivity contribution in [3.63, 3.8) is 0 Å². The molecule has 1 fully saturated rings. The quantitative estimate of drug-likeness (QED) is 0.607. The first-order chi connectivity index (χ1) is 14.5. The summed E-state index contributed by atoms with van der Waals surface area (Å²) in [4.78, 5) is 29.2. The summed E-state index contributed by atoms with van der Waals surface area (Å²) in [5, 5.41) is 0. The van der Waals surface area contributed by atoms with Crippen LogP contribution in [-0.2, 0) is 4.79 Å². The van der Waals surface area contributed by atoms with Gasteiger partial charge in [0.25, 0.3) is 11.8 Å². The van der Waals surface area contributed by atoms with E-state index in [1.165, 1.54) is 25.1 Å². The summed E-state index contributed by atoms with van der Waals surface area (Å²) in [7, 11) is 0.